The van der Waals surface area contributed by atoms with Crippen LogP contribution in [0.2, 0.25) is 0 Å². The first-order chi connectivity index (χ1) is 12.1. The molecule has 0 radical (unpaired) electrons. The maximum atomic E-state index is 12.5. The predicted octanol–water partition coefficient (Wildman–Crippen LogP) is 3.01. The second-order valence-electron chi connectivity index (χ2n) is 5.91. The summed E-state index contributed by atoms with van der Waals surface area (Å²) in [6, 6.07) is 10.7. The van der Waals surface area contributed by atoms with Gasteiger partial charge in [0.1, 0.15) is 5.75 Å². The number of benzene rings is 2. The molecule has 2 aromatic carbocycles. The molecule has 1 aliphatic heterocycles. The van der Waals surface area contributed by atoms with Crippen LogP contribution >= 0.6 is 0 Å². The van der Waals surface area contributed by atoms with Gasteiger partial charge < -0.3 is 19.5 Å². The number of aromatic hydroxyl groups is 1. The molecule has 0 bridgehead atoms. The number of phenolic OH excluding ortho intramolecular Hbond substituents is 1. The minimum absolute atomic E-state index is 0.0338. The van der Waals surface area contributed by atoms with Crippen LogP contribution in [0.5, 0.6) is 17.2 Å². The molecule has 0 fully saturated rings. The lowest BCUT2D eigenvalue weighted by atomic mass is 9.98. The van der Waals surface area contributed by atoms with Crippen molar-refractivity contribution < 1.29 is 19.4 Å². The van der Waals surface area contributed by atoms with Crippen molar-refractivity contribution in [1.82, 2.24) is 4.90 Å². The van der Waals surface area contributed by atoms with E-state index in [2.05, 4.69) is 0 Å². The quantitative estimate of drug-likeness (QED) is 0.870. The lowest BCUT2D eigenvalue weighted by Gasteiger charge is -2.28. The number of ether oxygens (including phenoxy) is 2. The van der Waals surface area contributed by atoms with Gasteiger partial charge >= 0.3 is 0 Å². The summed E-state index contributed by atoms with van der Waals surface area (Å²) in [5.74, 6) is 1.57. The van der Waals surface area contributed by atoms with Gasteiger partial charge in [-0.1, -0.05) is 12.1 Å². The van der Waals surface area contributed by atoms with Gasteiger partial charge in [0, 0.05) is 19.2 Å². The van der Waals surface area contributed by atoms with Crippen molar-refractivity contribution in [2.24, 2.45) is 0 Å². The summed E-state index contributed by atoms with van der Waals surface area (Å²) in [5.41, 5.74) is 3.13. The van der Waals surface area contributed by atoms with Gasteiger partial charge in [-0.05, 0) is 53.5 Å². The Morgan fingerprint density at radius 3 is 2.36 bits per heavy atom. The Bertz CT molecular complexity index is 796. The van der Waals surface area contributed by atoms with Gasteiger partial charge in [-0.3, -0.25) is 4.79 Å². The van der Waals surface area contributed by atoms with E-state index in [0.717, 1.165) is 17.5 Å². The van der Waals surface area contributed by atoms with Crippen molar-refractivity contribution >= 4 is 12.0 Å². The maximum absolute atomic E-state index is 12.5. The molecule has 25 heavy (non-hydrogen) atoms. The number of methoxy groups -OCH3 is 2. The molecule has 0 unspecified atom stereocenters. The largest absolute Gasteiger partial charge is 0.508 e. The fourth-order valence-electron chi connectivity index (χ4n) is 2.93. The standard InChI is InChI=1S/C20H21NO4/c1-24-18-11-15-9-10-21(13-16(15)12-19(18)25-2)20(23)8-5-14-3-6-17(22)7-4-14/h3-8,11-12,22H,9-10,13H2,1-2H3/b8-5+. The van der Waals surface area contributed by atoms with Crippen molar-refractivity contribution in [1.29, 1.82) is 0 Å². The minimum Gasteiger partial charge on any atom is -0.508 e. The summed E-state index contributed by atoms with van der Waals surface area (Å²) >= 11 is 0. The van der Waals surface area contributed by atoms with Crippen molar-refractivity contribution in [2.75, 3.05) is 20.8 Å². The second-order valence-corrected chi connectivity index (χ2v) is 5.91. The van der Waals surface area contributed by atoms with E-state index in [1.54, 1.807) is 50.6 Å². The van der Waals surface area contributed by atoms with Crippen LogP contribution < -0.4 is 9.47 Å². The van der Waals surface area contributed by atoms with Crippen LogP contribution in [0.1, 0.15) is 16.7 Å². The van der Waals surface area contributed by atoms with E-state index in [4.69, 9.17) is 9.47 Å². The van der Waals surface area contributed by atoms with Crippen LogP contribution in [0.15, 0.2) is 42.5 Å². The molecule has 0 aromatic heterocycles. The van der Waals surface area contributed by atoms with Gasteiger partial charge in [0.25, 0.3) is 0 Å². The Hall–Kier alpha value is -2.95. The van der Waals surface area contributed by atoms with Crippen LogP contribution in [0.25, 0.3) is 6.08 Å². The maximum Gasteiger partial charge on any atom is 0.246 e. The summed E-state index contributed by atoms with van der Waals surface area (Å²) in [6.07, 6.45) is 4.11. The number of hydrogen-bond donors (Lipinski definition) is 1. The van der Waals surface area contributed by atoms with Gasteiger partial charge in [0.2, 0.25) is 5.91 Å². The highest BCUT2D eigenvalue weighted by Crippen LogP contribution is 2.33. The van der Waals surface area contributed by atoms with Gasteiger partial charge in [0.05, 0.1) is 14.2 Å². The van der Waals surface area contributed by atoms with Crippen molar-refractivity contribution in [3.63, 3.8) is 0 Å². The molecule has 1 heterocycles. The molecule has 5 heteroatoms. The van der Waals surface area contributed by atoms with Crippen LogP contribution in [0, 0.1) is 0 Å². The predicted molar refractivity (Wildman–Crippen MR) is 95.8 cm³/mol. The molecule has 0 aliphatic carbocycles. The van der Waals surface area contributed by atoms with Crippen molar-refractivity contribution in [3.8, 4) is 17.2 Å². The third kappa shape index (κ3) is 3.76. The van der Waals surface area contributed by atoms with E-state index < -0.39 is 0 Å². The molecule has 0 spiro atoms. The Labute approximate surface area is 147 Å². The number of nitrogens with zero attached hydrogens (tertiary/aromatic N) is 1. The molecule has 1 aliphatic rings. The highest BCUT2D eigenvalue weighted by Gasteiger charge is 2.21. The fourth-order valence-corrected chi connectivity index (χ4v) is 2.93. The second kappa shape index (κ2) is 7.30. The molecule has 2 aromatic rings. The number of carbonyl (C=O) groups is 1. The lowest BCUT2D eigenvalue weighted by Crippen LogP contribution is -2.34. The smallest absolute Gasteiger partial charge is 0.246 e. The van der Waals surface area contributed by atoms with Crippen LogP contribution in [-0.2, 0) is 17.8 Å². The summed E-state index contributed by atoms with van der Waals surface area (Å²) in [6.45, 7) is 1.22. The molecule has 0 saturated heterocycles. The third-order valence-electron chi connectivity index (χ3n) is 4.34. The topological polar surface area (TPSA) is 59.0 Å². The van der Waals surface area contributed by atoms with Gasteiger partial charge in [-0.15, -0.1) is 0 Å². The molecule has 0 saturated carbocycles. The molecule has 5 nitrogen and oxygen atoms in total. The number of fused-ring (bicyclic) bond motifs is 1. The summed E-state index contributed by atoms with van der Waals surface area (Å²) in [5, 5.41) is 9.29. The molecule has 1 amide bonds. The fraction of sp³-hybridized carbons (Fsp3) is 0.250. The van der Waals surface area contributed by atoms with E-state index in [0.29, 0.717) is 24.6 Å². The average Bonchev–Trinajstić information content (AvgIpc) is 2.65. The van der Waals surface area contributed by atoms with Crippen molar-refractivity contribution in [3.05, 3.63) is 59.2 Å². The van der Waals surface area contributed by atoms with E-state index in [1.807, 2.05) is 17.0 Å². The van der Waals surface area contributed by atoms with Crippen LogP contribution in [-0.4, -0.2) is 36.7 Å². The Morgan fingerprint density at radius 2 is 1.72 bits per heavy atom. The van der Waals surface area contributed by atoms with Gasteiger partial charge in [-0.2, -0.15) is 0 Å². The Balaban J connectivity index is 1.73. The van der Waals surface area contributed by atoms with Crippen molar-refractivity contribution in [2.45, 2.75) is 13.0 Å². The molecular formula is C20H21NO4. The third-order valence-corrected chi connectivity index (χ3v) is 4.34. The number of carbonyl (C=O) groups excluding carboxylic acids is 1. The summed E-state index contributed by atoms with van der Waals surface area (Å²) in [4.78, 5) is 14.3. The van der Waals surface area contributed by atoms with E-state index >= 15 is 0 Å². The van der Waals surface area contributed by atoms with E-state index in [1.165, 1.54) is 5.56 Å². The first-order valence-electron chi connectivity index (χ1n) is 8.10. The molecule has 1 N–H and O–H groups in total. The first-order valence-corrected chi connectivity index (χ1v) is 8.10. The number of amides is 1. The first kappa shape index (κ1) is 16.9. The van der Waals surface area contributed by atoms with Gasteiger partial charge in [-0.25, -0.2) is 0 Å². The summed E-state index contributed by atoms with van der Waals surface area (Å²) in [7, 11) is 3.23. The zero-order valence-electron chi connectivity index (χ0n) is 14.4. The van der Waals surface area contributed by atoms with Crippen LogP contribution in [0.4, 0.5) is 0 Å². The van der Waals surface area contributed by atoms with Crippen LogP contribution in [0.3, 0.4) is 0 Å². The summed E-state index contributed by atoms with van der Waals surface area (Å²) < 4.78 is 10.7. The average molecular weight is 339 g/mol. The molecule has 3 rings (SSSR count). The number of rotatable bonds is 4. The molecular weight excluding hydrogens is 318 g/mol. The minimum atomic E-state index is -0.0338. The highest BCUT2D eigenvalue weighted by molar-refractivity contribution is 5.92. The lowest BCUT2D eigenvalue weighted by molar-refractivity contribution is -0.126. The Kier molecular flexibility index (Phi) is 4.93. The normalized spacial score (nSPS) is 13.6. The number of phenols is 1. The zero-order chi connectivity index (χ0) is 17.8. The molecule has 130 valence electrons. The van der Waals surface area contributed by atoms with E-state index in [-0.39, 0.29) is 11.7 Å². The SMILES string of the molecule is COc1cc2c(cc1OC)CN(C(=O)/C=C/c1ccc(O)cc1)CC2. The monoisotopic (exact) mass is 339 g/mol. The highest BCUT2D eigenvalue weighted by atomic mass is 16.5. The zero-order valence-corrected chi connectivity index (χ0v) is 14.4. The molecule has 0 atom stereocenters. The number of hydrogen-bond acceptors (Lipinski definition) is 4. The van der Waals surface area contributed by atoms with Gasteiger partial charge in [0.15, 0.2) is 11.5 Å². The Morgan fingerprint density at radius 1 is 1.08 bits per heavy atom. The van der Waals surface area contributed by atoms with E-state index in [9.17, 15) is 9.90 Å².